The highest BCUT2D eigenvalue weighted by Gasteiger charge is 2.34. The van der Waals surface area contributed by atoms with E-state index < -0.39 is 15.3 Å². The molecule has 1 fully saturated rings. The van der Waals surface area contributed by atoms with E-state index in [1.807, 2.05) is 18.2 Å². The van der Waals surface area contributed by atoms with Crippen LogP contribution in [0.1, 0.15) is 49.8 Å². The van der Waals surface area contributed by atoms with Crippen LogP contribution in [-0.4, -0.2) is 69.8 Å². The van der Waals surface area contributed by atoms with Crippen LogP contribution >= 0.6 is 0 Å². The number of nitrogens with zero attached hydrogens (tertiary/aromatic N) is 5. The van der Waals surface area contributed by atoms with Gasteiger partial charge in [-0.15, -0.1) is 10.2 Å². The molecule has 0 atom stereocenters. The molecule has 2 aromatic rings. The van der Waals surface area contributed by atoms with Gasteiger partial charge in [-0.3, -0.25) is 0 Å². The molecule has 1 saturated heterocycles. The molecule has 1 aromatic carbocycles. The van der Waals surface area contributed by atoms with E-state index in [0.717, 1.165) is 30.9 Å². The summed E-state index contributed by atoms with van der Waals surface area (Å²) >= 11 is 0. The number of urea groups is 1. The van der Waals surface area contributed by atoms with Crippen LogP contribution in [0, 0.1) is 0 Å². The Kier molecular flexibility index (Phi) is 6.80. The van der Waals surface area contributed by atoms with E-state index in [9.17, 15) is 13.2 Å². The standard InChI is InChI=1S/C22H32N6O3S/c1-17(2)32(30,31)27-12-9-19(10-13-27)21-25-24-20-16-26(14-15-28(20)21)22(29)23-11-8-18-6-4-3-5-7-18/h3-7,17,19H,8-16H2,1-2H3,(H,23,29). The van der Waals surface area contributed by atoms with Gasteiger partial charge in [0.2, 0.25) is 10.0 Å². The molecule has 0 unspecified atom stereocenters. The fourth-order valence-electron chi connectivity index (χ4n) is 4.39. The van der Waals surface area contributed by atoms with Crippen molar-refractivity contribution in [3.8, 4) is 0 Å². The van der Waals surface area contributed by atoms with Crippen molar-refractivity contribution in [2.75, 3.05) is 26.2 Å². The van der Waals surface area contributed by atoms with E-state index >= 15 is 0 Å². The number of sulfonamides is 1. The Morgan fingerprint density at radius 3 is 2.50 bits per heavy atom. The Morgan fingerprint density at radius 2 is 1.81 bits per heavy atom. The molecule has 4 rings (SSSR count). The maximum Gasteiger partial charge on any atom is 0.317 e. The molecular formula is C22H32N6O3S. The second-order valence-corrected chi connectivity index (χ2v) is 11.3. The molecule has 10 heteroatoms. The molecule has 1 aromatic heterocycles. The van der Waals surface area contributed by atoms with E-state index in [0.29, 0.717) is 39.3 Å². The molecular weight excluding hydrogens is 428 g/mol. The molecule has 0 spiro atoms. The number of rotatable bonds is 6. The average molecular weight is 461 g/mol. The van der Waals surface area contributed by atoms with Crippen molar-refractivity contribution in [3.05, 3.63) is 47.5 Å². The molecule has 3 heterocycles. The summed E-state index contributed by atoms with van der Waals surface area (Å²) in [5.74, 6) is 1.91. The average Bonchev–Trinajstić information content (AvgIpc) is 3.23. The van der Waals surface area contributed by atoms with Gasteiger partial charge in [-0.05, 0) is 38.7 Å². The highest BCUT2D eigenvalue weighted by atomic mass is 32.2. The largest absolute Gasteiger partial charge is 0.338 e. The van der Waals surface area contributed by atoms with Crippen molar-refractivity contribution in [3.63, 3.8) is 0 Å². The number of benzene rings is 1. The second kappa shape index (κ2) is 9.58. The molecule has 0 saturated carbocycles. The van der Waals surface area contributed by atoms with Crippen molar-refractivity contribution in [2.24, 2.45) is 0 Å². The van der Waals surface area contributed by atoms with Gasteiger partial charge in [0.25, 0.3) is 0 Å². The van der Waals surface area contributed by atoms with Gasteiger partial charge in [0, 0.05) is 38.6 Å². The molecule has 2 aliphatic heterocycles. The number of fused-ring (bicyclic) bond motifs is 1. The number of nitrogens with one attached hydrogen (secondary N) is 1. The molecule has 1 N–H and O–H groups in total. The highest BCUT2D eigenvalue weighted by molar-refractivity contribution is 7.89. The number of aromatic nitrogens is 3. The number of amides is 2. The van der Waals surface area contributed by atoms with Gasteiger partial charge in [-0.2, -0.15) is 0 Å². The fraction of sp³-hybridized carbons (Fsp3) is 0.591. The van der Waals surface area contributed by atoms with Crippen LogP contribution in [0.2, 0.25) is 0 Å². The van der Waals surface area contributed by atoms with E-state index in [1.165, 1.54) is 5.56 Å². The molecule has 0 bridgehead atoms. The minimum atomic E-state index is -3.21. The highest BCUT2D eigenvalue weighted by Crippen LogP contribution is 2.30. The minimum Gasteiger partial charge on any atom is -0.338 e. The molecule has 0 aliphatic carbocycles. The van der Waals surface area contributed by atoms with Crippen LogP contribution in [0.5, 0.6) is 0 Å². The Balaban J connectivity index is 1.31. The van der Waals surface area contributed by atoms with Crippen molar-refractivity contribution in [1.29, 1.82) is 0 Å². The van der Waals surface area contributed by atoms with Gasteiger partial charge >= 0.3 is 6.03 Å². The molecule has 2 amide bonds. The van der Waals surface area contributed by atoms with Crippen molar-refractivity contribution >= 4 is 16.1 Å². The van der Waals surface area contributed by atoms with Crippen LogP contribution in [0.25, 0.3) is 0 Å². The van der Waals surface area contributed by atoms with E-state index in [-0.39, 0.29) is 11.9 Å². The van der Waals surface area contributed by atoms with Crippen molar-refractivity contribution in [1.82, 2.24) is 29.3 Å². The summed E-state index contributed by atoms with van der Waals surface area (Å²) in [4.78, 5) is 14.4. The smallest absolute Gasteiger partial charge is 0.317 e. The van der Waals surface area contributed by atoms with E-state index in [4.69, 9.17) is 0 Å². The number of piperidine rings is 1. The summed E-state index contributed by atoms with van der Waals surface area (Å²) in [7, 11) is -3.21. The van der Waals surface area contributed by atoms with Gasteiger partial charge in [0.05, 0.1) is 11.8 Å². The third kappa shape index (κ3) is 4.80. The summed E-state index contributed by atoms with van der Waals surface area (Å²) in [5.41, 5.74) is 1.20. The van der Waals surface area contributed by atoms with Crippen LogP contribution in [0.3, 0.4) is 0 Å². The lowest BCUT2D eigenvalue weighted by molar-refractivity contribution is 0.181. The van der Waals surface area contributed by atoms with Gasteiger partial charge in [-0.25, -0.2) is 17.5 Å². The predicted octanol–water partition coefficient (Wildman–Crippen LogP) is 1.96. The van der Waals surface area contributed by atoms with Gasteiger partial charge in [0.1, 0.15) is 5.82 Å². The molecule has 2 aliphatic rings. The first kappa shape index (κ1) is 22.7. The maximum absolute atomic E-state index is 12.6. The van der Waals surface area contributed by atoms with Crippen LogP contribution in [-0.2, 0) is 29.5 Å². The Hall–Kier alpha value is -2.46. The third-order valence-electron chi connectivity index (χ3n) is 6.38. The summed E-state index contributed by atoms with van der Waals surface area (Å²) in [6, 6.07) is 10.0. The fourth-order valence-corrected chi connectivity index (χ4v) is 5.71. The first-order valence-electron chi connectivity index (χ1n) is 11.3. The number of carbonyl (C=O) groups is 1. The van der Waals surface area contributed by atoms with Crippen molar-refractivity contribution in [2.45, 2.75) is 57.4 Å². The Labute approximate surface area is 189 Å². The second-order valence-electron chi connectivity index (χ2n) is 8.78. The first-order valence-corrected chi connectivity index (χ1v) is 12.8. The predicted molar refractivity (Wildman–Crippen MR) is 122 cm³/mol. The van der Waals surface area contributed by atoms with Crippen LogP contribution in [0.4, 0.5) is 4.79 Å². The lowest BCUT2D eigenvalue weighted by Crippen LogP contribution is -2.45. The quantitative estimate of drug-likeness (QED) is 0.710. The zero-order valence-corrected chi connectivity index (χ0v) is 19.6. The third-order valence-corrected chi connectivity index (χ3v) is 8.65. The topological polar surface area (TPSA) is 100 Å². The Bertz CT molecular complexity index is 1030. The SMILES string of the molecule is CC(C)S(=O)(=O)N1CCC(c2nnc3n2CCN(C(=O)NCCc2ccccc2)C3)CC1. The normalized spacial score (nSPS) is 18.0. The zero-order valence-electron chi connectivity index (χ0n) is 18.8. The molecule has 9 nitrogen and oxygen atoms in total. The summed E-state index contributed by atoms with van der Waals surface area (Å²) in [6.07, 6.45) is 2.29. The number of hydrogen-bond acceptors (Lipinski definition) is 5. The lowest BCUT2D eigenvalue weighted by atomic mass is 9.97. The number of hydrogen-bond donors (Lipinski definition) is 1. The van der Waals surface area contributed by atoms with Crippen molar-refractivity contribution < 1.29 is 13.2 Å². The molecule has 0 radical (unpaired) electrons. The van der Waals surface area contributed by atoms with Crippen LogP contribution < -0.4 is 5.32 Å². The molecule has 32 heavy (non-hydrogen) atoms. The lowest BCUT2D eigenvalue weighted by Gasteiger charge is -2.33. The summed E-state index contributed by atoms with van der Waals surface area (Å²) in [5, 5.41) is 11.4. The van der Waals surface area contributed by atoms with Gasteiger partial charge < -0.3 is 14.8 Å². The van der Waals surface area contributed by atoms with E-state index in [1.54, 1.807) is 23.1 Å². The van der Waals surface area contributed by atoms with E-state index in [2.05, 4.69) is 32.2 Å². The maximum atomic E-state index is 12.6. The zero-order chi connectivity index (χ0) is 22.7. The van der Waals surface area contributed by atoms with Crippen LogP contribution in [0.15, 0.2) is 30.3 Å². The summed E-state index contributed by atoms with van der Waals surface area (Å²) in [6.45, 7) is 6.77. The van der Waals surface area contributed by atoms with Gasteiger partial charge in [-0.1, -0.05) is 30.3 Å². The van der Waals surface area contributed by atoms with Gasteiger partial charge in [0.15, 0.2) is 5.82 Å². The summed E-state index contributed by atoms with van der Waals surface area (Å²) < 4.78 is 28.5. The molecule has 174 valence electrons. The monoisotopic (exact) mass is 460 g/mol. The minimum absolute atomic E-state index is 0.0797. The first-order chi connectivity index (χ1) is 15.4. The Morgan fingerprint density at radius 1 is 1.09 bits per heavy atom. The number of carbonyl (C=O) groups excluding carboxylic acids is 1.